The maximum atomic E-state index is 4.89. The van der Waals surface area contributed by atoms with E-state index in [9.17, 15) is 0 Å². The van der Waals surface area contributed by atoms with Gasteiger partial charge in [0, 0.05) is 6.21 Å². The highest BCUT2D eigenvalue weighted by molar-refractivity contribution is 6.10. The molecular formula is C3H5BN2. The predicted molar refractivity (Wildman–Crippen MR) is 27.6 cm³/mol. The molecule has 0 heterocycles. The molecule has 0 atom stereocenters. The average molecular weight is 79.9 g/mol. The first-order valence-corrected chi connectivity index (χ1v) is 1.52. The van der Waals surface area contributed by atoms with E-state index in [-0.39, 0.29) is 0 Å². The minimum atomic E-state index is 1.36. The maximum Gasteiger partial charge on any atom is 0.259 e. The van der Waals surface area contributed by atoms with Gasteiger partial charge in [0.05, 0.1) is 0 Å². The van der Waals surface area contributed by atoms with Gasteiger partial charge in [0.15, 0.2) is 0 Å². The first-order valence-electron chi connectivity index (χ1n) is 1.52. The highest BCUT2D eigenvalue weighted by atomic mass is 14.5. The summed E-state index contributed by atoms with van der Waals surface area (Å²) in [5.41, 5.74) is 4.89. The second-order valence-electron chi connectivity index (χ2n) is 0.683. The molecule has 0 aliphatic carbocycles. The van der Waals surface area contributed by atoms with Gasteiger partial charge in [0.25, 0.3) is 7.98 Å². The molecule has 2 radical (unpaired) electrons. The van der Waals surface area contributed by atoms with Crippen LogP contribution < -0.4 is 5.73 Å². The van der Waals surface area contributed by atoms with E-state index in [2.05, 4.69) is 12.9 Å². The largest absolute Gasteiger partial charge is 0.405 e. The fourth-order valence-corrected chi connectivity index (χ4v) is 0.0994. The molecule has 6 heavy (non-hydrogen) atoms. The molecule has 30 valence electrons. The van der Waals surface area contributed by atoms with Gasteiger partial charge < -0.3 is 10.6 Å². The summed E-state index contributed by atoms with van der Waals surface area (Å²) < 4.78 is 0. The summed E-state index contributed by atoms with van der Waals surface area (Å²) in [6.45, 7) is 0. The van der Waals surface area contributed by atoms with E-state index in [1.54, 1.807) is 6.08 Å². The topological polar surface area (TPSA) is 38.4 Å². The second-order valence-corrected chi connectivity index (χ2v) is 0.683. The Hall–Kier alpha value is -0.725. The molecule has 0 saturated carbocycles. The molecule has 0 aromatic heterocycles. The smallest absolute Gasteiger partial charge is 0.259 e. The van der Waals surface area contributed by atoms with Crippen molar-refractivity contribution in [1.82, 2.24) is 0 Å². The van der Waals surface area contributed by atoms with Crippen LogP contribution in [0.3, 0.4) is 0 Å². The fraction of sp³-hybridized carbons (Fsp3) is 0. The summed E-state index contributed by atoms with van der Waals surface area (Å²) in [5, 5.41) is 0. The number of rotatable bonds is 1. The molecule has 0 spiro atoms. The van der Waals surface area contributed by atoms with Crippen molar-refractivity contribution in [2.45, 2.75) is 0 Å². The third kappa shape index (κ3) is 3.27. The normalized spacial score (nSPS) is 11.3. The number of hydrogen-bond acceptors (Lipinski definition) is 2. The van der Waals surface area contributed by atoms with Crippen molar-refractivity contribution in [3.05, 3.63) is 12.3 Å². The van der Waals surface area contributed by atoms with Crippen molar-refractivity contribution in [2.75, 3.05) is 0 Å². The lowest BCUT2D eigenvalue weighted by Crippen LogP contribution is -1.75. The van der Waals surface area contributed by atoms with Gasteiger partial charge in [-0.15, -0.1) is 0 Å². The van der Waals surface area contributed by atoms with Crippen LogP contribution in [0.1, 0.15) is 0 Å². The molecule has 2 N–H and O–H groups in total. The van der Waals surface area contributed by atoms with Gasteiger partial charge in [0.2, 0.25) is 0 Å². The first-order chi connectivity index (χ1) is 2.91. The van der Waals surface area contributed by atoms with E-state index < -0.39 is 0 Å². The van der Waals surface area contributed by atoms with Crippen LogP contribution in [0.5, 0.6) is 0 Å². The molecule has 0 fully saturated rings. The Labute approximate surface area is 38.2 Å². The molecule has 0 aromatic rings. The Morgan fingerprint density at radius 1 is 1.67 bits per heavy atom. The van der Waals surface area contributed by atoms with Gasteiger partial charge in [-0.2, -0.15) is 0 Å². The standard InChI is InChI=1S/C3H5BN2/c4-6-3-1-2-5/h1-3H,5H2/b2-1-,6-3-. The zero-order chi connectivity index (χ0) is 4.83. The predicted octanol–water partition coefficient (Wildman–Crippen LogP) is -0.387. The van der Waals surface area contributed by atoms with Gasteiger partial charge in [0.1, 0.15) is 0 Å². The van der Waals surface area contributed by atoms with Crippen molar-refractivity contribution in [3.8, 4) is 0 Å². The lowest BCUT2D eigenvalue weighted by Gasteiger charge is -1.64. The molecule has 0 amide bonds. The van der Waals surface area contributed by atoms with Crippen LogP contribution in [-0.4, -0.2) is 14.2 Å². The minimum Gasteiger partial charge on any atom is -0.405 e. The third-order valence-electron chi connectivity index (χ3n) is 0.283. The highest BCUT2D eigenvalue weighted by Crippen LogP contribution is 1.52. The summed E-state index contributed by atoms with van der Waals surface area (Å²) in [6.07, 6.45) is 4.30. The zero-order valence-electron chi connectivity index (χ0n) is 3.33. The molecule has 0 aliphatic rings. The van der Waals surface area contributed by atoms with Crippen LogP contribution in [0.4, 0.5) is 0 Å². The van der Waals surface area contributed by atoms with Gasteiger partial charge in [-0.05, 0) is 12.3 Å². The van der Waals surface area contributed by atoms with E-state index in [4.69, 9.17) is 5.73 Å². The SMILES string of the molecule is [B]/N=C\C=C/N. The van der Waals surface area contributed by atoms with E-state index in [0.717, 1.165) is 0 Å². The number of allylic oxidation sites excluding steroid dienone is 1. The van der Waals surface area contributed by atoms with Crippen molar-refractivity contribution in [2.24, 2.45) is 10.6 Å². The molecule has 0 aliphatic heterocycles. The maximum absolute atomic E-state index is 4.89. The number of nitrogens with zero attached hydrogens (tertiary/aromatic N) is 1. The molecule has 0 aromatic carbocycles. The van der Waals surface area contributed by atoms with Crippen LogP contribution in [0.15, 0.2) is 17.2 Å². The van der Waals surface area contributed by atoms with Crippen molar-refractivity contribution >= 4 is 14.2 Å². The molecule has 0 saturated heterocycles. The lowest BCUT2D eigenvalue weighted by atomic mass is 10.5. The van der Waals surface area contributed by atoms with Gasteiger partial charge in [-0.25, -0.2) is 0 Å². The van der Waals surface area contributed by atoms with Crippen LogP contribution >= 0.6 is 0 Å². The highest BCUT2D eigenvalue weighted by Gasteiger charge is 1.49. The Bertz CT molecular complexity index is 57.2. The zero-order valence-corrected chi connectivity index (χ0v) is 3.33. The Balaban J connectivity index is 3.07. The molecule has 0 bridgehead atoms. The van der Waals surface area contributed by atoms with E-state index in [1.807, 2.05) is 0 Å². The van der Waals surface area contributed by atoms with Crippen LogP contribution in [0, 0.1) is 0 Å². The van der Waals surface area contributed by atoms with Crippen molar-refractivity contribution in [3.63, 3.8) is 0 Å². The number of hydrogen-bond donors (Lipinski definition) is 1. The summed E-state index contributed by atoms with van der Waals surface area (Å²) in [7, 11) is 4.68. The summed E-state index contributed by atoms with van der Waals surface area (Å²) in [5.74, 6) is 0. The van der Waals surface area contributed by atoms with Gasteiger partial charge in [-0.1, -0.05) is 0 Å². The fourth-order valence-electron chi connectivity index (χ4n) is 0.0994. The Morgan fingerprint density at radius 3 is 2.50 bits per heavy atom. The Morgan fingerprint density at radius 2 is 2.33 bits per heavy atom. The number of nitrogens with two attached hydrogens (primary N) is 1. The van der Waals surface area contributed by atoms with E-state index >= 15 is 0 Å². The summed E-state index contributed by atoms with van der Waals surface area (Å²) >= 11 is 0. The summed E-state index contributed by atoms with van der Waals surface area (Å²) in [6, 6.07) is 0. The Kier molecular flexibility index (Phi) is 3.76. The molecule has 0 unspecified atom stereocenters. The van der Waals surface area contributed by atoms with Crippen LogP contribution in [-0.2, 0) is 0 Å². The summed E-state index contributed by atoms with van der Waals surface area (Å²) in [4.78, 5) is 3.13. The minimum absolute atomic E-state index is 1.36. The first kappa shape index (κ1) is 5.27. The average Bonchev–Trinajstić information content (AvgIpc) is 1.61. The van der Waals surface area contributed by atoms with Crippen molar-refractivity contribution in [1.29, 1.82) is 0 Å². The van der Waals surface area contributed by atoms with E-state index in [0.29, 0.717) is 0 Å². The van der Waals surface area contributed by atoms with E-state index in [1.165, 1.54) is 12.4 Å². The van der Waals surface area contributed by atoms with Crippen LogP contribution in [0.25, 0.3) is 0 Å². The van der Waals surface area contributed by atoms with Crippen molar-refractivity contribution < 1.29 is 0 Å². The van der Waals surface area contributed by atoms with Gasteiger partial charge >= 0.3 is 0 Å². The molecular weight excluding hydrogens is 74.9 g/mol. The second kappa shape index (κ2) is 4.27. The molecule has 3 heteroatoms. The molecule has 0 rings (SSSR count). The van der Waals surface area contributed by atoms with Crippen LogP contribution in [0.2, 0.25) is 0 Å². The quantitative estimate of drug-likeness (QED) is 0.338. The monoisotopic (exact) mass is 80.1 g/mol. The third-order valence-corrected chi connectivity index (χ3v) is 0.283. The lowest BCUT2D eigenvalue weighted by molar-refractivity contribution is 1.62. The molecule has 2 nitrogen and oxygen atoms in total. The van der Waals surface area contributed by atoms with Gasteiger partial charge in [-0.3, -0.25) is 0 Å².